The van der Waals surface area contributed by atoms with Crippen LogP contribution in [0, 0.1) is 0 Å². The molecule has 0 atom stereocenters. The summed E-state index contributed by atoms with van der Waals surface area (Å²) in [5, 5.41) is 3.36. The largest absolute Gasteiger partial charge is 0.350 e. The predicted octanol–water partition coefficient (Wildman–Crippen LogP) is 2.60. The highest BCUT2D eigenvalue weighted by molar-refractivity contribution is 7.92. The molecule has 0 spiro atoms. The fourth-order valence-electron chi connectivity index (χ4n) is 3.25. The number of fused-ring (bicyclic) bond motifs is 1. The topological polar surface area (TPSA) is 84.3 Å². The number of para-hydroxylation sites is 1. The van der Waals surface area contributed by atoms with Gasteiger partial charge in [0.25, 0.3) is 10.0 Å². The summed E-state index contributed by atoms with van der Waals surface area (Å²) < 4.78 is 28.8. The van der Waals surface area contributed by atoms with Crippen molar-refractivity contribution in [2.75, 3.05) is 10.8 Å². The number of carbonyl (C=O) groups is 1. The lowest BCUT2D eigenvalue weighted by Gasteiger charge is -2.17. The number of benzene rings is 2. The lowest BCUT2D eigenvalue weighted by molar-refractivity contribution is -0.121. The first-order valence-electron chi connectivity index (χ1n) is 9.07. The molecule has 0 saturated carbocycles. The Morgan fingerprint density at radius 1 is 1.14 bits per heavy atom. The molecule has 3 aromatic rings. The van der Waals surface area contributed by atoms with Gasteiger partial charge in [0.1, 0.15) is 6.54 Å². The Kier molecular flexibility index (Phi) is 5.29. The predicted molar refractivity (Wildman–Crippen MR) is 110 cm³/mol. The van der Waals surface area contributed by atoms with Crippen molar-refractivity contribution in [1.82, 2.24) is 14.9 Å². The Morgan fingerprint density at radius 2 is 1.90 bits per heavy atom. The molecule has 1 N–H and O–H groups in total. The van der Waals surface area contributed by atoms with Gasteiger partial charge in [0.15, 0.2) is 5.03 Å². The van der Waals surface area contributed by atoms with E-state index < -0.39 is 10.0 Å². The van der Waals surface area contributed by atoms with Crippen LogP contribution in [0.2, 0.25) is 5.02 Å². The molecule has 0 unspecified atom stereocenters. The van der Waals surface area contributed by atoms with E-state index in [0.29, 0.717) is 30.2 Å². The summed E-state index contributed by atoms with van der Waals surface area (Å²) in [5.74, 6) is -0.243. The van der Waals surface area contributed by atoms with Gasteiger partial charge in [-0.1, -0.05) is 41.9 Å². The molecule has 2 aromatic carbocycles. The molecule has 2 heterocycles. The van der Waals surface area contributed by atoms with Crippen LogP contribution in [0.5, 0.6) is 0 Å². The summed E-state index contributed by atoms with van der Waals surface area (Å²) >= 11 is 5.85. The van der Waals surface area contributed by atoms with Crippen molar-refractivity contribution >= 4 is 33.2 Å². The summed E-state index contributed by atoms with van der Waals surface area (Å²) in [7, 11) is -3.77. The van der Waals surface area contributed by atoms with Gasteiger partial charge in [-0.3, -0.25) is 9.10 Å². The number of carbonyl (C=O) groups excluding carboxylic acids is 1. The van der Waals surface area contributed by atoms with Crippen molar-refractivity contribution in [3.63, 3.8) is 0 Å². The average Bonchev–Trinajstić information content (AvgIpc) is 3.35. The minimum atomic E-state index is -3.77. The van der Waals surface area contributed by atoms with E-state index in [1.165, 1.54) is 21.4 Å². The van der Waals surface area contributed by atoms with E-state index in [1.807, 2.05) is 30.3 Å². The Hall–Kier alpha value is -2.84. The molecule has 1 aliphatic heterocycles. The molecule has 1 amide bonds. The maximum Gasteiger partial charge on any atom is 0.283 e. The van der Waals surface area contributed by atoms with E-state index in [4.69, 9.17) is 11.6 Å². The number of rotatable bonds is 6. The zero-order valence-corrected chi connectivity index (χ0v) is 17.0. The van der Waals surface area contributed by atoms with Gasteiger partial charge in [0.2, 0.25) is 5.91 Å². The fraction of sp³-hybridized carbons (Fsp3) is 0.200. The van der Waals surface area contributed by atoms with Crippen molar-refractivity contribution in [3.8, 4) is 0 Å². The molecule has 1 aliphatic rings. The molecule has 7 nitrogen and oxygen atoms in total. The molecule has 29 heavy (non-hydrogen) atoms. The third-order valence-corrected chi connectivity index (χ3v) is 6.69. The summed E-state index contributed by atoms with van der Waals surface area (Å²) in [5.41, 5.74) is 2.60. The van der Waals surface area contributed by atoms with Crippen LogP contribution >= 0.6 is 11.6 Å². The zero-order chi connectivity index (χ0) is 20.4. The second-order valence-electron chi connectivity index (χ2n) is 6.74. The third-order valence-electron chi connectivity index (χ3n) is 4.74. The fourth-order valence-corrected chi connectivity index (χ4v) is 4.82. The number of nitrogens with one attached hydrogen (secondary N) is 1. The maximum atomic E-state index is 13.0. The maximum absolute atomic E-state index is 13.0. The van der Waals surface area contributed by atoms with Gasteiger partial charge in [0, 0.05) is 24.3 Å². The third kappa shape index (κ3) is 4.13. The number of nitrogens with zero attached hydrogens (tertiary/aromatic N) is 3. The van der Waals surface area contributed by atoms with E-state index in [2.05, 4.69) is 10.3 Å². The molecule has 1 aromatic heterocycles. The first kappa shape index (κ1) is 19.5. The van der Waals surface area contributed by atoms with Gasteiger partial charge in [-0.15, -0.1) is 0 Å². The lowest BCUT2D eigenvalue weighted by atomic mass is 10.2. The number of anilines is 1. The summed E-state index contributed by atoms with van der Waals surface area (Å²) in [4.78, 5) is 16.2. The molecule has 0 saturated heterocycles. The van der Waals surface area contributed by atoms with Crippen LogP contribution in [-0.4, -0.2) is 30.4 Å². The zero-order valence-electron chi connectivity index (χ0n) is 15.5. The highest BCUT2D eigenvalue weighted by Gasteiger charge is 2.32. The molecule has 0 fully saturated rings. The Bertz CT molecular complexity index is 1140. The van der Waals surface area contributed by atoms with Crippen LogP contribution in [0.15, 0.2) is 66.1 Å². The minimum Gasteiger partial charge on any atom is -0.350 e. The van der Waals surface area contributed by atoms with Crippen molar-refractivity contribution in [2.45, 2.75) is 24.5 Å². The molecule has 0 aliphatic carbocycles. The van der Waals surface area contributed by atoms with Crippen molar-refractivity contribution in [3.05, 3.63) is 77.2 Å². The standard InChI is InChI=1S/C20H19ClN4O3S/c21-17-7-5-15(6-8-17)11-22-19(26)12-24-13-20(23-14-24)29(27,28)25-10-9-16-3-1-2-4-18(16)25/h1-8,13-14H,9-12H2,(H,22,26). The normalized spacial score (nSPS) is 13.3. The van der Waals surface area contributed by atoms with Gasteiger partial charge in [-0.2, -0.15) is 8.42 Å². The highest BCUT2D eigenvalue weighted by atomic mass is 35.5. The van der Waals surface area contributed by atoms with Crippen LogP contribution in [-0.2, 0) is 34.3 Å². The van der Waals surface area contributed by atoms with Gasteiger partial charge in [0.05, 0.1) is 12.0 Å². The summed E-state index contributed by atoms with van der Waals surface area (Å²) in [6, 6.07) is 14.6. The van der Waals surface area contributed by atoms with Crippen LogP contribution in [0.3, 0.4) is 0 Å². The second kappa shape index (κ2) is 7.88. The number of sulfonamides is 1. The van der Waals surface area contributed by atoms with Gasteiger partial charge in [-0.05, 0) is 35.7 Å². The number of amides is 1. The number of halogens is 1. The van der Waals surface area contributed by atoms with Crippen LogP contribution in [0.25, 0.3) is 0 Å². The first-order valence-corrected chi connectivity index (χ1v) is 10.9. The summed E-state index contributed by atoms with van der Waals surface area (Å²) in [6.45, 7) is 0.725. The molecule has 0 bridgehead atoms. The smallest absolute Gasteiger partial charge is 0.283 e. The molecule has 4 rings (SSSR count). The van der Waals surface area contributed by atoms with Crippen LogP contribution in [0.1, 0.15) is 11.1 Å². The van der Waals surface area contributed by atoms with E-state index in [1.54, 1.807) is 18.2 Å². The molecule has 9 heteroatoms. The van der Waals surface area contributed by atoms with E-state index in [-0.39, 0.29) is 17.5 Å². The lowest BCUT2D eigenvalue weighted by Crippen LogP contribution is -2.29. The molecule has 0 radical (unpaired) electrons. The first-order chi connectivity index (χ1) is 13.9. The highest BCUT2D eigenvalue weighted by Crippen LogP contribution is 2.32. The average molecular weight is 431 g/mol. The van der Waals surface area contributed by atoms with Gasteiger partial charge in [-0.25, -0.2) is 4.98 Å². The number of hydrogen-bond acceptors (Lipinski definition) is 4. The van der Waals surface area contributed by atoms with Crippen molar-refractivity contribution in [1.29, 1.82) is 0 Å². The number of hydrogen-bond donors (Lipinski definition) is 1. The number of imidazole rings is 1. The Labute approximate surface area is 174 Å². The van der Waals surface area contributed by atoms with E-state index in [0.717, 1.165) is 11.1 Å². The van der Waals surface area contributed by atoms with Crippen molar-refractivity contribution in [2.24, 2.45) is 0 Å². The Balaban J connectivity index is 1.41. The minimum absolute atomic E-state index is 0.0211. The van der Waals surface area contributed by atoms with Gasteiger partial charge < -0.3 is 9.88 Å². The SMILES string of the molecule is O=C(Cn1cnc(S(=O)(=O)N2CCc3ccccc32)c1)NCc1ccc(Cl)cc1. The van der Waals surface area contributed by atoms with Crippen LogP contribution < -0.4 is 9.62 Å². The molecule has 150 valence electrons. The quantitative estimate of drug-likeness (QED) is 0.651. The second-order valence-corrected chi connectivity index (χ2v) is 8.99. The van der Waals surface area contributed by atoms with E-state index in [9.17, 15) is 13.2 Å². The monoisotopic (exact) mass is 430 g/mol. The Morgan fingerprint density at radius 3 is 2.69 bits per heavy atom. The number of aromatic nitrogens is 2. The summed E-state index contributed by atoms with van der Waals surface area (Å²) in [6.07, 6.45) is 3.41. The van der Waals surface area contributed by atoms with Crippen LogP contribution in [0.4, 0.5) is 5.69 Å². The molecular weight excluding hydrogens is 412 g/mol. The van der Waals surface area contributed by atoms with Gasteiger partial charge >= 0.3 is 0 Å². The molecular formula is C20H19ClN4O3S. The van der Waals surface area contributed by atoms with E-state index >= 15 is 0 Å². The van der Waals surface area contributed by atoms with Crippen molar-refractivity contribution < 1.29 is 13.2 Å².